The van der Waals surface area contributed by atoms with Gasteiger partial charge in [0, 0.05) is 7.11 Å². The van der Waals surface area contributed by atoms with E-state index in [-0.39, 0.29) is 0 Å². The molecule has 92 valence electrons. The molecule has 0 bridgehead atoms. The van der Waals surface area contributed by atoms with E-state index in [0.717, 1.165) is 0 Å². The quantitative estimate of drug-likeness (QED) is 0.693. The molecule has 0 aliphatic carbocycles. The Morgan fingerprint density at radius 3 is 1.53 bits per heavy atom. The van der Waals surface area contributed by atoms with E-state index >= 15 is 0 Å². The number of methoxy groups -OCH3 is 1. The van der Waals surface area contributed by atoms with Gasteiger partial charge in [0.15, 0.2) is 12.3 Å². The van der Waals surface area contributed by atoms with Gasteiger partial charge in [-0.05, 0) is 0 Å². The lowest BCUT2D eigenvalue weighted by atomic mass is 10.1. The normalized spacial score (nSPS) is 18.0. The van der Waals surface area contributed by atoms with Gasteiger partial charge in [0.2, 0.25) is 0 Å². The van der Waals surface area contributed by atoms with Crippen LogP contribution in [0.15, 0.2) is 0 Å². The molecule has 9 heteroatoms. The summed E-state index contributed by atoms with van der Waals surface area (Å²) in [4.78, 5) is 0. The van der Waals surface area contributed by atoms with Crippen LogP contribution in [0.3, 0.4) is 0 Å². The van der Waals surface area contributed by atoms with E-state index in [1.165, 1.54) is 0 Å². The van der Waals surface area contributed by atoms with Gasteiger partial charge < -0.3 is 4.74 Å². The summed E-state index contributed by atoms with van der Waals surface area (Å²) in [6, 6.07) is 0. The summed E-state index contributed by atoms with van der Waals surface area (Å²) in [5, 5.41) is 0. The smallest absolute Gasteiger partial charge is 0.371 e. The summed E-state index contributed by atoms with van der Waals surface area (Å²) >= 11 is 0. The van der Waals surface area contributed by atoms with Crippen LogP contribution in [0.2, 0.25) is 0 Å². The van der Waals surface area contributed by atoms with Crippen LogP contribution in [-0.2, 0) is 4.74 Å². The Kier molecular flexibility index (Phi) is 4.32. The molecular weight excluding hydrogens is 240 g/mol. The number of rotatable bonds is 4. The monoisotopic (exact) mass is 246 g/mol. The second kappa shape index (κ2) is 4.50. The largest absolute Gasteiger partial charge is 0.456 e. The number of ether oxygens (including phenoxy) is 1. The Hall–Kier alpha value is -0.600. The van der Waals surface area contributed by atoms with E-state index < -0.39 is 30.8 Å². The molecule has 0 aliphatic heterocycles. The minimum absolute atomic E-state index is 0.291. The van der Waals surface area contributed by atoms with Gasteiger partial charge in [0.1, 0.15) is 0 Å². The van der Waals surface area contributed by atoms with Crippen molar-refractivity contribution in [3.05, 3.63) is 0 Å². The second-order valence-electron chi connectivity index (χ2n) is 2.56. The number of hydrogen-bond acceptors (Lipinski definition) is 1. The molecule has 0 aromatic carbocycles. The third kappa shape index (κ3) is 2.93. The van der Waals surface area contributed by atoms with Crippen LogP contribution in [0, 0.1) is 0 Å². The van der Waals surface area contributed by atoms with Crippen LogP contribution in [0.1, 0.15) is 0 Å². The maximum atomic E-state index is 12.4. The van der Waals surface area contributed by atoms with Crippen molar-refractivity contribution in [3.63, 3.8) is 0 Å². The van der Waals surface area contributed by atoms with Crippen molar-refractivity contribution in [1.82, 2.24) is 0 Å². The molecule has 1 nitrogen and oxygen atoms in total. The molecule has 0 saturated carbocycles. The van der Waals surface area contributed by atoms with E-state index in [0.29, 0.717) is 7.11 Å². The highest BCUT2D eigenvalue weighted by Gasteiger charge is 2.66. The molecule has 0 N–H and O–H groups in total. The van der Waals surface area contributed by atoms with Crippen molar-refractivity contribution in [2.45, 2.75) is 30.8 Å². The van der Waals surface area contributed by atoms with E-state index in [1.807, 2.05) is 0 Å². The van der Waals surface area contributed by atoms with Crippen LogP contribution in [-0.4, -0.2) is 37.9 Å². The summed E-state index contributed by atoms with van der Waals surface area (Å²) in [5.74, 6) is -5.67. The van der Waals surface area contributed by atoms with Crippen LogP contribution in [0.25, 0.3) is 0 Å². The zero-order valence-corrected chi connectivity index (χ0v) is 7.16. The molecule has 0 heterocycles. The SMILES string of the molecule is COC(C(F)C(F)F)C(F)(F)C(F)(F)F. The van der Waals surface area contributed by atoms with Gasteiger partial charge in [-0.3, -0.25) is 0 Å². The first-order valence-electron chi connectivity index (χ1n) is 3.45. The van der Waals surface area contributed by atoms with E-state index in [9.17, 15) is 35.1 Å². The lowest BCUT2D eigenvalue weighted by Crippen LogP contribution is -2.53. The number of halogens is 8. The first-order chi connectivity index (χ1) is 6.55. The number of hydrogen-bond donors (Lipinski definition) is 0. The molecule has 0 aliphatic rings. The topological polar surface area (TPSA) is 9.23 Å². The fraction of sp³-hybridized carbons (Fsp3) is 1.00. The maximum absolute atomic E-state index is 12.4. The Morgan fingerprint density at radius 2 is 1.33 bits per heavy atom. The van der Waals surface area contributed by atoms with Crippen molar-refractivity contribution < 1.29 is 39.9 Å². The van der Waals surface area contributed by atoms with Crippen LogP contribution >= 0.6 is 0 Å². The molecule has 0 rings (SSSR count). The molecular formula is C6H6F8O. The van der Waals surface area contributed by atoms with E-state index in [2.05, 4.69) is 4.74 Å². The van der Waals surface area contributed by atoms with Gasteiger partial charge in [0.05, 0.1) is 0 Å². The molecule has 0 aromatic rings. The Labute approximate surface area is 79.0 Å². The van der Waals surface area contributed by atoms with Crippen molar-refractivity contribution in [2.75, 3.05) is 7.11 Å². The van der Waals surface area contributed by atoms with Gasteiger partial charge >= 0.3 is 12.1 Å². The molecule has 0 radical (unpaired) electrons. The zero-order valence-electron chi connectivity index (χ0n) is 7.16. The highest BCUT2D eigenvalue weighted by Crippen LogP contribution is 2.41. The highest BCUT2D eigenvalue weighted by molar-refractivity contribution is 4.90. The molecule has 15 heavy (non-hydrogen) atoms. The molecule has 0 spiro atoms. The predicted octanol–water partition coefficient (Wildman–Crippen LogP) is 2.80. The standard InChI is InChI=1S/C6H6F8O/c1-15-3(2(7)4(8)9)5(10,11)6(12,13)14/h2-4H,1H3. The first-order valence-corrected chi connectivity index (χ1v) is 3.45. The van der Waals surface area contributed by atoms with Crippen LogP contribution in [0.4, 0.5) is 35.1 Å². The van der Waals surface area contributed by atoms with Crippen LogP contribution < -0.4 is 0 Å². The Balaban J connectivity index is 4.97. The Bertz CT molecular complexity index is 200. The minimum Gasteiger partial charge on any atom is -0.371 e. The average molecular weight is 246 g/mol. The third-order valence-corrected chi connectivity index (χ3v) is 1.52. The summed E-state index contributed by atoms with van der Waals surface area (Å²) < 4.78 is 98.8. The summed E-state index contributed by atoms with van der Waals surface area (Å²) in [5.41, 5.74) is 0. The van der Waals surface area contributed by atoms with Crippen molar-refractivity contribution >= 4 is 0 Å². The van der Waals surface area contributed by atoms with Crippen LogP contribution in [0.5, 0.6) is 0 Å². The van der Waals surface area contributed by atoms with E-state index in [1.54, 1.807) is 0 Å². The van der Waals surface area contributed by atoms with Crippen molar-refractivity contribution in [2.24, 2.45) is 0 Å². The first kappa shape index (κ1) is 14.4. The molecule has 2 unspecified atom stereocenters. The highest BCUT2D eigenvalue weighted by atomic mass is 19.4. The summed E-state index contributed by atoms with van der Waals surface area (Å²) in [6.45, 7) is 0. The van der Waals surface area contributed by atoms with Gasteiger partial charge in [-0.15, -0.1) is 0 Å². The van der Waals surface area contributed by atoms with Gasteiger partial charge in [-0.25, -0.2) is 13.2 Å². The Morgan fingerprint density at radius 1 is 0.933 bits per heavy atom. The molecule has 2 atom stereocenters. The average Bonchev–Trinajstić information content (AvgIpc) is 2.02. The van der Waals surface area contributed by atoms with Gasteiger partial charge in [-0.2, -0.15) is 22.0 Å². The lowest BCUT2D eigenvalue weighted by molar-refractivity contribution is -0.327. The lowest BCUT2D eigenvalue weighted by Gasteiger charge is -2.29. The van der Waals surface area contributed by atoms with Gasteiger partial charge in [-0.1, -0.05) is 0 Å². The maximum Gasteiger partial charge on any atom is 0.456 e. The molecule has 0 fully saturated rings. The fourth-order valence-electron chi connectivity index (χ4n) is 0.771. The minimum atomic E-state index is -6.15. The third-order valence-electron chi connectivity index (χ3n) is 1.52. The van der Waals surface area contributed by atoms with Crippen molar-refractivity contribution in [1.29, 1.82) is 0 Å². The molecule has 0 saturated heterocycles. The van der Waals surface area contributed by atoms with Gasteiger partial charge in [0.25, 0.3) is 6.43 Å². The fourth-order valence-corrected chi connectivity index (χ4v) is 0.771. The number of alkyl halides is 8. The second-order valence-corrected chi connectivity index (χ2v) is 2.56. The van der Waals surface area contributed by atoms with Crippen molar-refractivity contribution in [3.8, 4) is 0 Å². The predicted molar refractivity (Wildman–Crippen MR) is 32.7 cm³/mol. The summed E-state index contributed by atoms with van der Waals surface area (Å²) in [7, 11) is 0.291. The van der Waals surface area contributed by atoms with E-state index in [4.69, 9.17) is 0 Å². The summed E-state index contributed by atoms with van der Waals surface area (Å²) in [6.07, 6.45) is -17.4. The molecule has 0 aromatic heterocycles. The zero-order chi connectivity index (χ0) is 12.4. The molecule has 0 amide bonds.